The number of aliphatic hydroxyl groups excluding tert-OH is 1. The Morgan fingerprint density at radius 1 is 0.938 bits per heavy atom. The maximum atomic E-state index is 14.7. The van der Waals surface area contributed by atoms with Gasteiger partial charge in [0.05, 0.1) is 53.0 Å². The number of Topliss-reactive ketones (excluding diaryl/α,β-unsaturated/α-hetero) is 2. The maximum Gasteiger partial charge on any atom is 0.408 e. The SMILES string of the molecule is CC[C@H]1OC(=O)[C@H](C)[C@@H](OC2C[C@@](C)(OC)[C@@H](OC(=O)CCNCCNc3cc4c(cc3Cl)N(C3CC3)CC(C(=O)O)C4=O)[C@H](C)O2)[C@H](C)[C@@H](OC2O[C@H](OC)C[C@H](N(C)C)[C@H]2O)[C@](C)(O)C[C@@H](C)C(=O)[C@H](C)[C@H]2NC(=O)O[C@@]21C. The summed E-state index contributed by atoms with van der Waals surface area (Å²) in [5.74, 6) is -8.13. The van der Waals surface area contributed by atoms with Crippen molar-refractivity contribution in [3.05, 3.63) is 22.7 Å². The molecule has 24 heteroatoms. The van der Waals surface area contributed by atoms with Crippen molar-refractivity contribution in [3.63, 3.8) is 0 Å². The molecule has 0 bridgehead atoms. The second kappa shape index (κ2) is 25.7. The first kappa shape index (κ1) is 63.3. The van der Waals surface area contributed by atoms with Crippen LogP contribution in [0.3, 0.4) is 0 Å². The minimum Gasteiger partial charge on any atom is -0.481 e. The van der Waals surface area contributed by atoms with Crippen LogP contribution < -0.4 is 20.9 Å². The van der Waals surface area contributed by atoms with Crippen LogP contribution in [-0.2, 0) is 61.8 Å². The molecule has 0 spiro atoms. The third kappa shape index (κ3) is 13.5. The standard InChI is InChI=1S/C56H86ClN5O18/c1-14-39-56(9)47(60-53(70)80-56)28(3)43(64)27(2)24-54(7,71)48(79-52-45(66)38(61(10)11)23-41(72-12)78-52)29(4)46(30(5)51(69)75-39)77-42-25-55(8,73-13)49(31(6)74-42)76-40(63)17-18-58-19-20-59-36-21-33-37(22-35(36)57)62(32-15-16-32)26-34(44(33)65)50(67)68/h21-22,27-32,34,38-39,41-42,45-49,52,58-59,66,71H,14-20,23-26H2,1-13H3,(H,60,70)(H,67,68)/t27-,28+,29+,30-,31+,34?,38+,39-,41+,42?,45-,46+,47-,48-,49+,52?,54-,55-,56-/m1/s1. The summed E-state index contributed by atoms with van der Waals surface area (Å²) in [6.07, 6.45) is -8.46. The molecule has 23 nitrogen and oxygen atoms in total. The first-order chi connectivity index (χ1) is 37.6. The van der Waals surface area contributed by atoms with Crippen molar-refractivity contribution in [3.8, 4) is 0 Å². The first-order valence-corrected chi connectivity index (χ1v) is 28.5. The number of carboxylic acids is 1. The number of carbonyl (C=O) groups is 6. The highest BCUT2D eigenvalue weighted by Gasteiger charge is 2.58. The zero-order valence-corrected chi connectivity index (χ0v) is 49.2. The smallest absolute Gasteiger partial charge is 0.408 e. The number of benzene rings is 1. The van der Waals surface area contributed by atoms with Crippen molar-refractivity contribution in [1.29, 1.82) is 0 Å². The molecule has 7 rings (SSSR count). The van der Waals surface area contributed by atoms with Crippen molar-refractivity contribution in [2.45, 2.75) is 198 Å². The Hall–Kier alpha value is -4.27. The minimum atomic E-state index is -1.89. The fourth-order valence-corrected chi connectivity index (χ4v) is 12.9. The number of ketones is 2. The van der Waals surface area contributed by atoms with E-state index in [-0.39, 0.29) is 50.6 Å². The summed E-state index contributed by atoms with van der Waals surface area (Å²) < 4.78 is 56.3. The average molecular weight is 1150 g/mol. The van der Waals surface area contributed by atoms with Crippen molar-refractivity contribution < 1.29 is 86.7 Å². The highest BCUT2D eigenvalue weighted by Crippen LogP contribution is 2.45. The first-order valence-electron chi connectivity index (χ1n) is 28.1. The zero-order valence-electron chi connectivity index (χ0n) is 48.5. The van der Waals surface area contributed by atoms with Gasteiger partial charge in [-0.15, -0.1) is 0 Å². The Morgan fingerprint density at radius 3 is 2.26 bits per heavy atom. The number of nitrogens with zero attached hydrogens (tertiary/aromatic N) is 2. The molecule has 5 aliphatic heterocycles. The van der Waals surface area contributed by atoms with Crippen LogP contribution in [0.1, 0.15) is 118 Å². The van der Waals surface area contributed by atoms with E-state index in [1.807, 2.05) is 9.80 Å². The number of aliphatic carboxylic acids is 1. The van der Waals surface area contributed by atoms with E-state index in [4.69, 9.17) is 54.2 Å². The molecule has 80 heavy (non-hydrogen) atoms. The summed E-state index contributed by atoms with van der Waals surface area (Å²) in [5.41, 5.74) is -3.12. The quantitative estimate of drug-likeness (QED) is 0.0517. The van der Waals surface area contributed by atoms with Crippen LogP contribution in [0.25, 0.3) is 0 Å². The van der Waals surface area contributed by atoms with Gasteiger partial charge >= 0.3 is 24.0 Å². The van der Waals surface area contributed by atoms with E-state index in [1.54, 1.807) is 81.6 Å². The fraction of sp³-hybridized carbons (Fsp3) is 0.786. The van der Waals surface area contributed by atoms with Gasteiger partial charge in [-0.25, -0.2) is 4.79 Å². The van der Waals surface area contributed by atoms with E-state index in [9.17, 15) is 44.1 Å². The van der Waals surface area contributed by atoms with Crippen molar-refractivity contribution in [2.24, 2.45) is 29.6 Å². The number of hydrogen-bond donors (Lipinski definition) is 6. The summed E-state index contributed by atoms with van der Waals surface area (Å²) in [6.45, 7) is 16.2. The summed E-state index contributed by atoms with van der Waals surface area (Å²) >= 11 is 6.66. The summed E-state index contributed by atoms with van der Waals surface area (Å²) in [5, 5.41) is 44.0. The normalized spacial score (nSPS) is 39.1. The van der Waals surface area contributed by atoms with Crippen LogP contribution in [-0.4, -0.2) is 201 Å². The molecule has 5 fully saturated rings. The average Bonchev–Trinajstić information content (AvgIpc) is 4.27. The largest absolute Gasteiger partial charge is 0.481 e. The second-order valence-corrected chi connectivity index (χ2v) is 24.1. The van der Waals surface area contributed by atoms with Crippen molar-refractivity contribution >= 4 is 58.5 Å². The van der Waals surface area contributed by atoms with Gasteiger partial charge in [-0.3, -0.25) is 24.0 Å². The molecule has 3 unspecified atom stereocenters. The number of carboxylic acid groups (broad SMARTS) is 1. The minimum absolute atomic E-state index is 0.0120. The molecule has 1 aliphatic carbocycles. The Kier molecular flexibility index (Phi) is 20.3. The summed E-state index contributed by atoms with van der Waals surface area (Å²) in [6, 6.07) is 2.10. The molecule has 0 radical (unpaired) electrons. The molecular weight excluding hydrogens is 1070 g/mol. The number of likely N-dealkylation sites (N-methyl/N-ethyl adjacent to an activating group) is 1. The van der Waals surface area contributed by atoms with Crippen LogP contribution in [0.15, 0.2) is 12.1 Å². The summed E-state index contributed by atoms with van der Waals surface area (Å²) in [4.78, 5) is 84.7. The molecular formula is C56H86ClN5O18. The van der Waals surface area contributed by atoms with Crippen LogP contribution >= 0.6 is 11.6 Å². The van der Waals surface area contributed by atoms with Gasteiger partial charge in [-0.05, 0) is 86.5 Å². The number of cyclic esters (lactones) is 1. The van der Waals surface area contributed by atoms with Gasteiger partial charge in [0.1, 0.15) is 29.5 Å². The number of rotatable bonds is 18. The number of aliphatic hydroxyl groups is 2. The van der Waals surface area contributed by atoms with E-state index in [0.29, 0.717) is 41.5 Å². The van der Waals surface area contributed by atoms with Crippen molar-refractivity contribution in [2.75, 3.05) is 64.7 Å². The van der Waals surface area contributed by atoms with E-state index >= 15 is 0 Å². The van der Waals surface area contributed by atoms with Crippen LogP contribution in [0.2, 0.25) is 5.02 Å². The van der Waals surface area contributed by atoms with Gasteiger partial charge in [-0.1, -0.05) is 39.3 Å². The summed E-state index contributed by atoms with van der Waals surface area (Å²) in [7, 11) is 6.55. The number of esters is 2. The number of hydrogen-bond acceptors (Lipinski definition) is 21. The number of amides is 1. The van der Waals surface area contributed by atoms with Gasteiger partial charge in [0, 0.05) is 94.3 Å². The van der Waals surface area contributed by atoms with E-state index in [2.05, 4.69) is 16.0 Å². The Bertz CT molecular complexity index is 2410. The number of fused-ring (bicyclic) bond motifs is 2. The van der Waals surface area contributed by atoms with Crippen LogP contribution in [0.4, 0.5) is 16.2 Å². The van der Waals surface area contributed by atoms with Gasteiger partial charge in [-0.2, -0.15) is 0 Å². The lowest BCUT2D eigenvalue weighted by Crippen LogP contribution is -2.61. The highest BCUT2D eigenvalue weighted by molar-refractivity contribution is 6.34. The monoisotopic (exact) mass is 1150 g/mol. The van der Waals surface area contributed by atoms with Gasteiger partial charge in [0.25, 0.3) is 0 Å². The van der Waals surface area contributed by atoms with Gasteiger partial charge in [0.15, 0.2) is 36.4 Å². The third-order valence-corrected chi connectivity index (χ3v) is 17.8. The van der Waals surface area contributed by atoms with Gasteiger partial charge in [0.2, 0.25) is 0 Å². The molecule has 1 saturated carbocycles. The number of nitrogens with one attached hydrogen (secondary N) is 3. The lowest BCUT2D eigenvalue weighted by atomic mass is 9.73. The van der Waals surface area contributed by atoms with Gasteiger partial charge < -0.3 is 83.7 Å². The predicted molar refractivity (Wildman–Crippen MR) is 290 cm³/mol. The van der Waals surface area contributed by atoms with Crippen molar-refractivity contribution in [1.82, 2.24) is 15.5 Å². The second-order valence-electron chi connectivity index (χ2n) is 23.7. The third-order valence-electron chi connectivity index (χ3n) is 17.5. The molecule has 450 valence electrons. The number of carbonyl (C=O) groups excluding carboxylic acids is 5. The molecule has 6 aliphatic rings. The maximum absolute atomic E-state index is 14.7. The lowest BCUT2D eigenvalue weighted by molar-refractivity contribution is -0.340. The number of halogens is 1. The molecule has 1 aromatic carbocycles. The topological polar surface area (TPSA) is 289 Å². The molecule has 4 saturated heterocycles. The van der Waals surface area contributed by atoms with E-state index < -0.39 is 144 Å². The molecule has 1 amide bonds. The predicted octanol–water partition coefficient (Wildman–Crippen LogP) is 4.29. The molecule has 5 heterocycles. The van der Waals surface area contributed by atoms with E-state index in [1.165, 1.54) is 21.1 Å². The Morgan fingerprint density at radius 2 is 1.64 bits per heavy atom. The molecule has 1 aromatic rings. The molecule has 0 aromatic heterocycles. The Labute approximate surface area is 473 Å². The Balaban J connectivity index is 1.06. The highest BCUT2D eigenvalue weighted by atomic mass is 35.5. The van der Waals surface area contributed by atoms with Crippen LogP contribution in [0, 0.1) is 29.6 Å². The lowest BCUT2D eigenvalue weighted by Gasteiger charge is -2.49. The number of methoxy groups -OCH3 is 2. The number of alkyl carbamates (subject to hydrolysis) is 1. The molecule has 6 N–H and O–H groups in total. The fourth-order valence-electron chi connectivity index (χ4n) is 12.7. The van der Waals surface area contributed by atoms with E-state index in [0.717, 1.165) is 12.8 Å². The number of anilines is 2. The number of ether oxygens (including phenoxy) is 9. The van der Waals surface area contributed by atoms with Crippen LogP contribution in [0.5, 0.6) is 0 Å². The molecule has 19 atom stereocenters. The zero-order chi connectivity index (χ0) is 58.9.